The van der Waals surface area contributed by atoms with E-state index in [0.29, 0.717) is 11.8 Å². The van der Waals surface area contributed by atoms with Crippen LogP contribution in [0.1, 0.15) is 64.5 Å². The molecule has 8 rings (SSSR count). The number of aliphatic hydroxyl groups is 1. The van der Waals surface area contributed by atoms with Gasteiger partial charge in [-0.15, -0.1) is 0 Å². The second-order valence-electron chi connectivity index (χ2n) is 13.4. The number of ether oxygens (including phenoxy) is 2. The van der Waals surface area contributed by atoms with Gasteiger partial charge in [-0.1, -0.05) is 39.0 Å². The summed E-state index contributed by atoms with van der Waals surface area (Å²) in [5.74, 6) is 1.62. The molecular formula is C29H39NO4. The van der Waals surface area contributed by atoms with Gasteiger partial charge in [-0.25, -0.2) is 0 Å². The van der Waals surface area contributed by atoms with Crippen LogP contribution in [-0.2, 0) is 16.6 Å². The van der Waals surface area contributed by atoms with Gasteiger partial charge in [-0.2, -0.15) is 0 Å². The molecule has 34 heavy (non-hydrogen) atoms. The molecule has 7 atom stereocenters. The van der Waals surface area contributed by atoms with Crippen molar-refractivity contribution in [3.8, 4) is 11.5 Å². The number of phenols is 1. The van der Waals surface area contributed by atoms with Crippen LogP contribution in [0, 0.1) is 22.7 Å². The Labute approximate surface area is 203 Å². The first-order chi connectivity index (χ1) is 16.0. The van der Waals surface area contributed by atoms with Crippen molar-refractivity contribution in [2.45, 2.75) is 88.6 Å². The molecule has 7 aliphatic rings. The third kappa shape index (κ3) is 2.20. The molecule has 2 spiro atoms. The number of rotatable bonds is 4. The van der Waals surface area contributed by atoms with Crippen LogP contribution in [0.15, 0.2) is 24.3 Å². The number of phenolic OH excluding ortho intramolecular Hbond substituents is 1. The number of fused-ring (bicyclic) bond motifs is 1. The summed E-state index contributed by atoms with van der Waals surface area (Å²) in [5, 5.41) is 23.1. The number of piperidine rings is 1. The molecule has 5 nitrogen and oxygen atoms in total. The van der Waals surface area contributed by atoms with Crippen molar-refractivity contribution >= 4 is 0 Å². The van der Waals surface area contributed by atoms with E-state index in [4.69, 9.17) is 9.47 Å². The Balaban J connectivity index is 1.49. The molecule has 1 aromatic carbocycles. The fourth-order valence-electron chi connectivity index (χ4n) is 8.94. The summed E-state index contributed by atoms with van der Waals surface area (Å²) >= 11 is 0. The van der Waals surface area contributed by atoms with Crippen LogP contribution in [0.4, 0.5) is 0 Å². The molecule has 3 fully saturated rings. The fraction of sp³-hybridized carbons (Fsp3) is 0.724. The minimum Gasteiger partial charge on any atom is -0.504 e. The predicted octanol–water partition coefficient (Wildman–Crippen LogP) is 4.19. The number of benzene rings is 1. The second-order valence-corrected chi connectivity index (χ2v) is 13.4. The molecule has 5 heteroatoms. The van der Waals surface area contributed by atoms with Crippen LogP contribution >= 0.6 is 0 Å². The summed E-state index contributed by atoms with van der Waals surface area (Å²) in [4.78, 5) is 2.77. The first kappa shape index (κ1) is 21.7. The third-order valence-electron chi connectivity index (χ3n) is 11.3. The predicted molar refractivity (Wildman–Crippen MR) is 130 cm³/mol. The molecule has 4 bridgehead atoms. The molecule has 1 saturated heterocycles. The SMILES string of the molecule is COC12C=C[C@@]3(C[C@@H]1C(C)(O)C(C)(C)C)[C@H]1Cc4ccc(O)c5c4[C@@]3(CCN1CC1CC1)C2O5. The summed E-state index contributed by atoms with van der Waals surface area (Å²) in [6, 6.07) is 4.33. The quantitative estimate of drug-likeness (QED) is 0.653. The molecule has 2 N–H and O–H groups in total. The molecule has 0 amide bonds. The van der Waals surface area contributed by atoms with E-state index in [0.717, 1.165) is 31.7 Å². The zero-order chi connectivity index (χ0) is 23.9. The fourth-order valence-corrected chi connectivity index (χ4v) is 8.94. The molecule has 2 saturated carbocycles. The van der Waals surface area contributed by atoms with Crippen molar-refractivity contribution in [3.63, 3.8) is 0 Å². The normalized spacial score (nSPS) is 43.4. The monoisotopic (exact) mass is 465 g/mol. The molecule has 0 aromatic heterocycles. The van der Waals surface area contributed by atoms with E-state index in [1.54, 1.807) is 7.11 Å². The van der Waals surface area contributed by atoms with Gasteiger partial charge in [0.15, 0.2) is 11.5 Å². The van der Waals surface area contributed by atoms with Crippen LogP contribution in [0.5, 0.6) is 11.5 Å². The van der Waals surface area contributed by atoms with Gasteiger partial charge < -0.3 is 19.7 Å². The lowest BCUT2D eigenvalue weighted by Crippen LogP contribution is -2.81. The Morgan fingerprint density at radius 1 is 1.18 bits per heavy atom. The van der Waals surface area contributed by atoms with Crippen LogP contribution < -0.4 is 4.74 Å². The molecule has 2 aliphatic heterocycles. The lowest BCUT2D eigenvalue weighted by Gasteiger charge is -2.73. The summed E-state index contributed by atoms with van der Waals surface area (Å²) in [6.07, 6.45) is 10.0. The van der Waals surface area contributed by atoms with Gasteiger partial charge in [0.2, 0.25) is 0 Å². The average Bonchev–Trinajstić information content (AvgIpc) is 3.53. The van der Waals surface area contributed by atoms with Gasteiger partial charge in [-0.3, -0.25) is 4.90 Å². The first-order valence-electron chi connectivity index (χ1n) is 13.3. The van der Waals surface area contributed by atoms with Crippen LogP contribution in [0.25, 0.3) is 0 Å². The third-order valence-corrected chi connectivity index (χ3v) is 11.3. The first-order valence-corrected chi connectivity index (χ1v) is 13.3. The highest BCUT2D eigenvalue weighted by Gasteiger charge is 2.81. The van der Waals surface area contributed by atoms with Crippen molar-refractivity contribution in [1.29, 1.82) is 0 Å². The Bertz CT molecular complexity index is 1100. The summed E-state index contributed by atoms with van der Waals surface area (Å²) in [5.41, 5.74) is 0.165. The van der Waals surface area contributed by atoms with Gasteiger partial charge in [-0.05, 0) is 68.5 Å². The number of nitrogens with zero attached hydrogens (tertiary/aromatic N) is 1. The van der Waals surface area contributed by atoms with Crippen LogP contribution in [0.3, 0.4) is 0 Å². The van der Waals surface area contributed by atoms with Gasteiger partial charge >= 0.3 is 0 Å². The van der Waals surface area contributed by atoms with E-state index in [1.807, 2.05) is 13.0 Å². The minimum atomic E-state index is -0.960. The Morgan fingerprint density at radius 2 is 1.94 bits per heavy atom. The van der Waals surface area contributed by atoms with Gasteiger partial charge in [0.05, 0.1) is 11.0 Å². The zero-order valence-electron chi connectivity index (χ0n) is 21.2. The minimum absolute atomic E-state index is 0.116. The Hall–Kier alpha value is -1.56. The van der Waals surface area contributed by atoms with Crippen LogP contribution in [-0.4, -0.2) is 58.7 Å². The van der Waals surface area contributed by atoms with Gasteiger partial charge in [0.1, 0.15) is 11.7 Å². The maximum atomic E-state index is 12.2. The summed E-state index contributed by atoms with van der Waals surface area (Å²) in [6.45, 7) is 10.6. The molecule has 2 heterocycles. The van der Waals surface area contributed by atoms with Crippen molar-refractivity contribution < 1.29 is 19.7 Å². The van der Waals surface area contributed by atoms with Crippen molar-refractivity contribution in [2.75, 3.05) is 20.2 Å². The maximum Gasteiger partial charge on any atom is 0.165 e. The van der Waals surface area contributed by atoms with E-state index in [2.05, 4.69) is 43.9 Å². The number of aromatic hydroxyl groups is 1. The smallest absolute Gasteiger partial charge is 0.165 e. The van der Waals surface area contributed by atoms with Crippen molar-refractivity contribution in [3.05, 3.63) is 35.4 Å². The second kappa shape index (κ2) is 6.22. The standard InChI is InChI=1S/C29H39NO4/c1-25(2,3)26(4,32)20-15-27-10-11-29(20,33-5)24-28(27)12-13-30(16-17-6-7-17)21(27)14-18-8-9-19(31)23(34-24)22(18)28/h8-11,17,20-21,24,31-32H,6-7,12-16H2,1-5H3/t20-,21-,24?,26?,27-,28+,29?/m1/s1. The maximum absolute atomic E-state index is 12.2. The summed E-state index contributed by atoms with van der Waals surface area (Å²) < 4.78 is 13.3. The number of likely N-dealkylation sites (tertiary alicyclic amines) is 1. The number of hydrogen-bond donors (Lipinski definition) is 2. The number of methoxy groups -OCH3 is 1. The van der Waals surface area contributed by atoms with E-state index in [-0.39, 0.29) is 34.0 Å². The number of hydrogen-bond acceptors (Lipinski definition) is 5. The molecule has 0 radical (unpaired) electrons. The largest absolute Gasteiger partial charge is 0.504 e. The van der Waals surface area contributed by atoms with E-state index < -0.39 is 11.2 Å². The highest BCUT2D eigenvalue weighted by atomic mass is 16.6. The summed E-state index contributed by atoms with van der Waals surface area (Å²) in [7, 11) is 1.78. The van der Waals surface area contributed by atoms with Gasteiger partial charge in [0.25, 0.3) is 0 Å². The Kier molecular flexibility index (Phi) is 3.97. The molecule has 3 unspecified atom stereocenters. The van der Waals surface area contributed by atoms with E-state index >= 15 is 0 Å². The Morgan fingerprint density at radius 3 is 2.62 bits per heavy atom. The van der Waals surface area contributed by atoms with Crippen LogP contribution in [0.2, 0.25) is 0 Å². The van der Waals surface area contributed by atoms with Gasteiger partial charge in [0, 0.05) is 36.6 Å². The highest BCUT2D eigenvalue weighted by Crippen LogP contribution is 2.76. The highest BCUT2D eigenvalue weighted by molar-refractivity contribution is 5.65. The molecule has 5 aliphatic carbocycles. The molecular weight excluding hydrogens is 426 g/mol. The average molecular weight is 466 g/mol. The molecule has 1 aromatic rings. The lowest BCUT2D eigenvalue weighted by atomic mass is 9.35. The lowest BCUT2D eigenvalue weighted by molar-refractivity contribution is -0.263. The van der Waals surface area contributed by atoms with Crippen molar-refractivity contribution in [2.24, 2.45) is 22.7 Å². The van der Waals surface area contributed by atoms with Crippen molar-refractivity contribution in [1.82, 2.24) is 4.90 Å². The van der Waals surface area contributed by atoms with E-state index in [9.17, 15) is 10.2 Å². The topological polar surface area (TPSA) is 62.2 Å². The van der Waals surface area contributed by atoms with E-state index in [1.165, 1.54) is 30.5 Å². The zero-order valence-corrected chi connectivity index (χ0v) is 21.2. The molecule has 184 valence electrons.